The third kappa shape index (κ3) is 9.92. The summed E-state index contributed by atoms with van der Waals surface area (Å²) in [5, 5.41) is 17.6. The lowest BCUT2D eigenvalue weighted by Crippen LogP contribution is -2.08. The van der Waals surface area contributed by atoms with E-state index in [-0.39, 0.29) is 13.2 Å². The molecule has 0 radical (unpaired) electrons. The molecule has 2 N–H and O–H groups in total. The number of rotatable bonds is 7. The van der Waals surface area contributed by atoms with Crippen LogP contribution in [0.1, 0.15) is 59.3 Å². The Kier molecular flexibility index (Phi) is 12.0. The van der Waals surface area contributed by atoms with Crippen molar-refractivity contribution in [2.24, 2.45) is 11.8 Å². The molecule has 0 aromatic carbocycles. The van der Waals surface area contributed by atoms with Crippen molar-refractivity contribution >= 4 is 0 Å². The molecule has 2 heteroatoms. The van der Waals surface area contributed by atoms with E-state index < -0.39 is 0 Å². The van der Waals surface area contributed by atoms with Gasteiger partial charge in [0.05, 0.1) is 0 Å². The molecule has 0 aromatic heterocycles. The number of allylic oxidation sites excluding steroid dienone is 4. The van der Waals surface area contributed by atoms with E-state index in [1.54, 1.807) is 5.57 Å². The fraction of sp³-hybridized carbons (Fsp3) is 0.765. The van der Waals surface area contributed by atoms with Gasteiger partial charge in [0.25, 0.3) is 0 Å². The van der Waals surface area contributed by atoms with Crippen molar-refractivity contribution in [2.75, 3.05) is 13.2 Å². The monoisotopic (exact) mass is 268 g/mol. The van der Waals surface area contributed by atoms with Crippen molar-refractivity contribution in [3.05, 3.63) is 23.8 Å². The van der Waals surface area contributed by atoms with Crippen LogP contribution in [-0.4, -0.2) is 23.4 Å². The second-order valence-electron chi connectivity index (χ2n) is 5.47. The number of aliphatic hydroxyl groups excluding tert-OH is 2. The Morgan fingerprint density at radius 3 is 2.26 bits per heavy atom. The van der Waals surface area contributed by atoms with Gasteiger partial charge in [0, 0.05) is 13.2 Å². The third-order valence-electron chi connectivity index (χ3n) is 3.77. The van der Waals surface area contributed by atoms with Gasteiger partial charge in [-0.3, -0.25) is 0 Å². The van der Waals surface area contributed by atoms with E-state index in [4.69, 9.17) is 10.2 Å². The van der Waals surface area contributed by atoms with Crippen molar-refractivity contribution in [2.45, 2.75) is 59.3 Å². The molecule has 1 aliphatic carbocycles. The number of aliphatic hydroxyl groups is 2. The van der Waals surface area contributed by atoms with Crippen molar-refractivity contribution in [3.8, 4) is 0 Å². The molecule has 1 aliphatic rings. The first-order chi connectivity index (χ1) is 9.17. The summed E-state index contributed by atoms with van der Waals surface area (Å²) in [6.07, 6.45) is 13.5. The fourth-order valence-corrected chi connectivity index (χ4v) is 1.98. The van der Waals surface area contributed by atoms with Crippen LogP contribution >= 0.6 is 0 Å². The van der Waals surface area contributed by atoms with Gasteiger partial charge < -0.3 is 10.2 Å². The molecule has 1 rings (SSSR count). The van der Waals surface area contributed by atoms with E-state index in [2.05, 4.69) is 32.1 Å². The van der Waals surface area contributed by atoms with Crippen LogP contribution in [0.15, 0.2) is 23.8 Å². The molecule has 0 saturated carbocycles. The quantitative estimate of drug-likeness (QED) is 0.730. The van der Waals surface area contributed by atoms with Crippen LogP contribution in [0.4, 0.5) is 0 Å². The summed E-state index contributed by atoms with van der Waals surface area (Å²) in [4.78, 5) is 0. The lowest BCUT2D eigenvalue weighted by Gasteiger charge is -2.13. The molecule has 2 atom stereocenters. The smallest absolute Gasteiger partial charge is 0.0459 e. The first kappa shape index (κ1) is 18.4. The van der Waals surface area contributed by atoms with Crippen molar-refractivity contribution < 1.29 is 10.2 Å². The van der Waals surface area contributed by atoms with E-state index in [0.29, 0.717) is 11.8 Å². The zero-order valence-electron chi connectivity index (χ0n) is 12.9. The minimum Gasteiger partial charge on any atom is -0.396 e. The maximum absolute atomic E-state index is 8.85. The van der Waals surface area contributed by atoms with Crippen LogP contribution < -0.4 is 0 Å². The van der Waals surface area contributed by atoms with Crippen LogP contribution in [0.5, 0.6) is 0 Å². The van der Waals surface area contributed by atoms with E-state index >= 15 is 0 Å². The predicted molar refractivity (Wildman–Crippen MR) is 83.1 cm³/mol. The van der Waals surface area contributed by atoms with Crippen LogP contribution in [0.25, 0.3) is 0 Å². The molecule has 0 amide bonds. The molecule has 0 fully saturated rings. The van der Waals surface area contributed by atoms with Gasteiger partial charge in [0.2, 0.25) is 0 Å². The van der Waals surface area contributed by atoms with Crippen LogP contribution in [-0.2, 0) is 0 Å². The van der Waals surface area contributed by atoms with Crippen LogP contribution in [0.2, 0.25) is 0 Å². The lowest BCUT2D eigenvalue weighted by molar-refractivity contribution is 0.187. The fourth-order valence-electron chi connectivity index (χ4n) is 1.98. The van der Waals surface area contributed by atoms with E-state index in [1.807, 2.05) is 6.92 Å². The van der Waals surface area contributed by atoms with Gasteiger partial charge in [-0.15, -0.1) is 0 Å². The number of hydrogen-bond donors (Lipinski definition) is 2. The molecule has 112 valence electrons. The van der Waals surface area contributed by atoms with Gasteiger partial charge in [-0.05, 0) is 43.9 Å². The Hall–Kier alpha value is -0.600. The largest absolute Gasteiger partial charge is 0.396 e. The normalized spacial score (nSPS) is 17.2. The second-order valence-corrected chi connectivity index (χ2v) is 5.47. The molecule has 0 aliphatic heterocycles. The van der Waals surface area contributed by atoms with Crippen LogP contribution in [0.3, 0.4) is 0 Å². The SMILES string of the molecule is CCC(CO)CCC(C)CO.CCC1=CC=CCC1. The Labute approximate surface area is 119 Å². The molecule has 2 unspecified atom stereocenters. The predicted octanol–water partition coefficient (Wildman–Crippen LogP) is 4.09. The minimum absolute atomic E-state index is 0.266. The topological polar surface area (TPSA) is 40.5 Å². The first-order valence-corrected chi connectivity index (χ1v) is 7.74. The van der Waals surface area contributed by atoms with E-state index in [9.17, 15) is 0 Å². The van der Waals surface area contributed by atoms with Crippen LogP contribution in [0, 0.1) is 11.8 Å². The molecule has 0 heterocycles. The molecular formula is C17H32O2. The van der Waals surface area contributed by atoms with Crippen molar-refractivity contribution in [3.63, 3.8) is 0 Å². The summed E-state index contributed by atoms with van der Waals surface area (Å²) < 4.78 is 0. The summed E-state index contributed by atoms with van der Waals surface area (Å²) in [6.45, 7) is 6.89. The summed E-state index contributed by atoms with van der Waals surface area (Å²) >= 11 is 0. The Bertz CT molecular complexity index is 252. The average Bonchev–Trinajstić information content (AvgIpc) is 2.49. The van der Waals surface area contributed by atoms with Gasteiger partial charge in [-0.2, -0.15) is 0 Å². The lowest BCUT2D eigenvalue weighted by atomic mass is 9.96. The summed E-state index contributed by atoms with van der Waals surface area (Å²) in [5.41, 5.74) is 1.59. The van der Waals surface area contributed by atoms with Crippen molar-refractivity contribution in [1.29, 1.82) is 0 Å². The average molecular weight is 268 g/mol. The maximum atomic E-state index is 8.85. The Morgan fingerprint density at radius 2 is 1.89 bits per heavy atom. The standard InChI is InChI=1S/C9H20O2.C8H12/c1-3-9(7-11)5-4-8(2)6-10;1-2-8-6-4-3-5-7-8/h8-11H,3-7H2,1-2H3;3-4,6H,2,5,7H2,1H3. The molecule has 0 bridgehead atoms. The van der Waals surface area contributed by atoms with Gasteiger partial charge in [0.1, 0.15) is 0 Å². The summed E-state index contributed by atoms with van der Waals surface area (Å²) in [5.74, 6) is 0.819. The molecule has 19 heavy (non-hydrogen) atoms. The molecule has 0 spiro atoms. The zero-order valence-corrected chi connectivity index (χ0v) is 12.9. The minimum atomic E-state index is 0.266. The maximum Gasteiger partial charge on any atom is 0.0459 e. The summed E-state index contributed by atoms with van der Waals surface area (Å²) in [7, 11) is 0. The highest BCUT2D eigenvalue weighted by Gasteiger charge is 2.06. The van der Waals surface area contributed by atoms with Crippen molar-refractivity contribution in [1.82, 2.24) is 0 Å². The Balaban J connectivity index is 0.000000356. The Morgan fingerprint density at radius 1 is 1.16 bits per heavy atom. The van der Waals surface area contributed by atoms with Gasteiger partial charge >= 0.3 is 0 Å². The molecule has 2 nitrogen and oxygen atoms in total. The van der Waals surface area contributed by atoms with Gasteiger partial charge in [0.15, 0.2) is 0 Å². The highest BCUT2D eigenvalue weighted by atomic mass is 16.3. The number of hydrogen-bond acceptors (Lipinski definition) is 2. The first-order valence-electron chi connectivity index (χ1n) is 7.74. The van der Waals surface area contributed by atoms with E-state index in [0.717, 1.165) is 19.3 Å². The highest BCUT2D eigenvalue weighted by Crippen LogP contribution is 2.14. The summed E-state index contributed by atoms with van der Waals surface area (Å²) in [6, 6.07) is 0. The third-order valence-corrected chi connectivity index (χ3v) is 3.77. The second kappa shape index (κ2) is 12.4. The molecule has 0 aromatic rings. The zero-order chi connectivity index (χ0) is 14.5. The molecular weight excluding hydrogens is 236 g/mol. The highest BCUT2D eigenvalue weighted by molar-refractivity contribution is 5.16. The van der Waals surface area contributed by atoms with E-state index in [1.165, 1.54) is 19.3 Å². The molecule has 0 saturated heterocycles. The van der Waals surface area contributed by atoms with Gasteiger partial charge in [-0.1, -0.05) is 51.0 Å². The van der Waals surface area contributed by atoms with Gasteiger partial charge in [-0.25, -0.2) is 0 Å².